The highest BCUT2D eigenvalue weighted by Crippen LogP contribution is 2.46. The molecule has 2 fully saturated rings. The Labute approximate surface area is 82.2 Å². The number of esters is 1. The maximum atomic E-state index is 11.2. The van der Waals surface area contributed by atoms with Gasteiger partial charge in [0.25, 0.3) is 0 Å². The first kappa shape index (κ1) is 9.49. The molecule has 3 unspecified atom stereocenters. The summed E-state index contributed by atoms with van der Waals surface area (Å²) in [7, 11) is 0. The molecule has 4 nitrogen and oxygen atoms in total. The Morgan fingerprint density at radius 3 is 3.00 bits per heavy atom. The third-order valence-corrected chi connectivity index (χ3v) is 3.63. The molecule has 0 spiro atoms. The monoisotopic (exact) mass is 198 g/mol. The summed E-state index contributed by atoms with van der Waals surface area (Å²) in [6.07, 6.45) is 2.25. The van der Waals surface area contributed by atoms with Crippen molar-refractivity contribution in [3.8, 4) is 0 Å². The van der Waals surface area contributed by atoms with Gasteiger partial charge in [-0.05, 0) is 32.1 Å². The van der Waals surface area contributed by atoms with Crippen LogP contribution in [0.4, 0.5) is 0 Å². The molecule has 0 radical (unpaired) electrons. The minimum atomic E-state index is -0.782. The average molecular weight is 198 g/mol. The van der Waals surface area contributed by atoms with E-state index in [1.807, 2.05) is 0 Å². The van der Waals surface area contributed by atoms with Crippen LogP contribution >= 0.6 is 0 Å². The lowest BCUT2D eigenvalue weighted by Crippen LogP contribution is -2.47. The summed E-state index contributed by atoms with van der Waals surface area (Å²) < 4.78 is 5.10. The van der Waals surface area contributed by atoms with Crippen LogP contribution in [0.15, 0.2) is 0 Å². The van der Waals surface area contributed by atoms with Crippen LogP contribution in [0.1, 0.15) is 32.6 Å². The number of fused-ring (bicyclic) bond motifs is 2. The highest BCUT2D eigenvalue weighted by atomic mass is 16.5. The van der Waals surface area contributed by atoms with E-state index < -0.39 is 11.4 Å². The standard InChI is InChI=1S/C10H14O4/c1-10(9(12)13)3-2-7-4-6(10)5-8(11)14-7/h6-7H,2-5H2,1H3,(H,12,13). The van der Waals surface area contributed by atoms with Gasteiger partial charge < -0.3 is 9.84 Å². The van der Waals surface area contributed by atoms with E-state index in [1.54, 1.807) is 6.92 Å². The lowest BCUT2D eigenvalue weighted by Gasteiger charge is -2.43. The van der Waals surface area contributed by atoms with Crippen molar-refractivity contribution >= 4 is 11.9 Å². The lowest BCUT2D eigenvalue weighted by atomic mass is 9.64. The highest BCUT2D eigenvalue weighted by Gasteiger charge is 2.49. The summed E-state index contributed by atoms with van der Waals surface area (Å²) in [5, 5.41) is 9.14. The van der Waals surface area contributed by atoms with Crippen LogP contribution in [-0.4, -0.2) is 23.1 Å². The van der Waals surface area contributed by atoms with Gasteiger partial charge in [-0.2, -0.15) is 0 Å². The van der Waals surface area contributed by atoms with Crippen molar-refractivity contribution in [1.82, 2.24) is 0 Å². The fourth-order valence-electron chi connectivity index (χ4n) is 2.49. The number of hydrogen-bond acceptors (Lipinski definition) is 3. The maximum absolute atomic E-state index is 11.2. The van der Waals surface area contributed by atoms with Crippen LogP contribution in [0.5, 0.6) is 0 Å². The second-order valence-electron chi connectivity index (χ2n) is 4.51. The van der Waals surface area contributed by atoms with Crippen molar-refractivity contribution in [3.05, 3.63) is 0 Å². The Kier molecular flexibility index (Phi) is 2.01. The van der Waals surface area contributed by atoms with E-state index in [-0.39, 0.29) is 24.4 Å². The number of carbonyl (C=O) groups is 2. The fourth-order valence-corrected chi connectivity index (χ4v) is 2.49. The van der Waals surface area contributed by atoms with Crippen molar-refractivity contribution in [1.29, 1.82) is 0 Å². The summed E-state index contributed by atoms with van der Waals surface area (Å²) >= 11 is 0. The van der Waals surface area contributed by atoms with Gasteiger partial charge in [-0.1, -0.05) is 0 Å². The first-order valence-electron chi connectivity index (χ1n) is 4.95. The first-order valence-corrected chi connectivity index (χ1v) is 4.95. The molecule has 0 aromatic heterocycles. The Morgan fingerprint density at radius 1 is 1.64 bits per heavy atom. The molecule has 0 aromatic carbocycles. The van der Waals surface area contributed by atoms with Gasteiger partial charge in [-0.15, -0.1) is 0 Å². The molecule has 2 bridgehead atoms. The second kappa shape index (κ2) is 2.97. The predicted molar refractivity (Wildman–Crippen MR) is 47.6 cm³/mol. The van der Waals surface area contributed by atoms with Crippen LogP contribution in [-0.2, 0) is 14.3 Å². The molecule has 1 saturated carbocycles. The quantitative estimate of drug-likeness (QED) is 0.643. The van der Waals surface area contributed by atoms with Crippen molar-refractivity contribution in [2.75, 3.05) is 0 Å². The van der Waals surface area contributed by atoms with Crippen LogP contribution in [0.3, 0.4) is 0 Å². The van der Waals surface area contributed by atoms with Crippen LogP contribution in [0.25, 0.3) is 0 Å². The predicted octanol–water partition coefficient (Wildman–Crippen LogP) is 1.19. The van der Waals surface area contributed by atoms with Crippen molar-refractivity contribution in [2.45, 2.75) is 38.7 Å². The fraction of sp³-hybridized carbons (Fsp3) is 0.800. The lowest BCUT2D eigenvalue weighted by molar-refractivity contribution is -0.175. The topological polar surface area (TPSA) is 63.6 Å². The Morgan fingerprint density at radius 2 is 2.36 bits per heavy atom. The van der Waals surface area contributed by atoms with Gasteiger partial charge in [0.1, 0.15) is 6.10 Å². The highest BCUT2D eigenvalue weighted by molar-refractivity contribution is 5.78. The zero-order valence-electron chi connectivity index (χ0n) is 8.16. The smallest absolute Gasteiger partial charge is 0.309 e. The summed E-state index contributed by atoms with van der Waals surface area (Å²) in [5.41, 5.74) is -0.726. The van der Waals surface area contributed by atoms with Gasteiger partial charge in [-0.25, -0.2) is 0 Å². The number of rotatable bonds is 1. The van der Waals surface area contributed by atoms with Gasteiger partial charge in [0.15, 0.2) is 0 Å². The van der Waals surface area contributed by atoms with Gasteiger partial charge in [0, 0.05) is 6.42 Å². The number of carboxylic acids is 1. The molecule has 2 aliphatic rings. The molecular weight excluding hydrogens is 184 g/mol. The molecular formula is C10H14O4. The summed E-state index contributed by atoms with van der Waals surface area (Å²) in [4.78, 5) is 22.3. The average Bonchev–Trinajstić information content (AvgIpc) is 2.11. The molecule has 1 aliphatic carbocycles. The van der Waals surface area contributed by atoms with Crippen molar-refractivity contribution in [3.63, 3.8) is 0 Å². The molecule has 1 saturated heterocycles. The third kappa shape index (κ3) is 1.29. The van der Waals surface area contributed by atoms with Gasteiger partial charge in [-0.3, -0.25) is 9.59 Å². The van der Waals surface area contributed by atoms with E-state index in [1.165, 1.54) is 0 Å². The minimum Gasteiger partial charge on any atom is -0.481 e. The third-order valence-electron chi connectivity index (χ3n) is 3.63. The number of carboxylic acid groups (broad SMARTS) is 1. The van der Waals surface area contributed by atoms with E-state index in [2.05, 4.69) is 0 Å². The molecule has 4 heteroatoms. The maximum Gasteiger partial charge on any atom is 0.309 e. The zero-order valence-corrected chi connectivity index (χ0v) is 8.16. The second-order valence-corrected chi connectivity index (χ2v) is 4.51. The zero-order chi connectivity index (χ0) is 10.3. The van der Waals surface area contributed by atoms with E-state index in [0.717, 1.165) is 0 Å². The molecule has 1 aliphatic heterocycles. The molecule has 0 aromatic rings. The van der Waals surface area contributed by atoms with E-state index in [9.17, 15) is 9.59 Å². The Bertz CT molecular complexity index is 286. The molecule has 3 atom stereocenters. The molecule has 1 heterocycles. The molecule has 78 valence electrons. The van der Waals surface area contributed by atoms with Crippen molar-refractivity contribution < 1.29 is 19.4 Å². The van der Waals surface area contributed by atoms with Gasteiger partial charge >= 0.3 is 11.9 Å². The first-order chi connectivity index (χ1) is 6.52. The van der Waals surface area contributed by atoms with Gasteiger partial charge in [0.2, 0.25) is 0 Å². The van der Waals surface area contributed by atoms with Crippen LogP contribution in [0.2, 0.25) is 0 Å². The number of ether oxygens (including phenoxy) is 1. The summed E-state index contributed by atoms with van der Waals surface area (Å²) in [6, 6.07) is 0. The molecule has 0 amide bonds. The molecule has 2 rings (SSSR count). The van der Waals surface area contributed by atoms with E-state index in [4.69, 9.17) is 9.84 Å². The summed E-state index contributed by atoms with van der Waals surface area (Å²) in [6.45, 7) is 1.74. The SMILES string of the molecule is CC1(C(=O)O)CCC2CC1CC(=O)O2. The number of carbonyl (C=O) groups excluding carboxylic acids is 1. The normalized spacial score (nSPS) is 41.6. The van der Waals surface area contributed by atoms with Crippen LogP contribution < -0.4 is 0 Å². The molecule has 1 N–H and O–H groups in total. The van der Waals surface area contributed by atoms with Crippen molar-refractivity contribution in [2.24, 2.45) is 11.3 Å². The minimum absolute atomic E-state index is 0.0336. The van der Waals surface area contributed by atoms with Crippen LogP contribution in [0, 0.1) is 11.3 Å². The van der Waals surface area contributed by atoms with Gasteiger partial charge in [0.05, 0.1) is 5.41 Å². The largest absolute Gasteiger partial charge is 0.481 e. The Balaban J connectivity index is 2.23. The number of aliphatic carboxylic acids is 1. The summed E-state index contributed by atoms with van der Waals surface area (Å²) in [5.74, 6) is -1.06. The Hall–Kier alpha value is -1.06. The van der Waals surface area contributed by atoms with E-state index >= 15 is 0 Å². The number of hydrogen-bond donors (Lipinski definition) is 1. The van der Waals surface area contributed by atoms with E-state index in [0.29, 0.717) is 19.3 Å². The molecule has 14 heavy (non-hydrogen) atoms.